The van der Waals surface area contributed by atoms with Gasteiger partial charge in [-0.15, -0.1) is 0 Å². The van der Waals surface area contributed by atoms with E-state index in [1.54, 1.807) is 0 Å². The van der Waals surface area contributed by atoms with E-state index in [-0.39, 0.29) is 12.2 Å². The summed E-state index contributed by atoms with van der Waals surface area (Å²) in [5.74, 6) is 1.62. The van der Waals surface area contributed by atoms with Gasteiger partial charge in [-0.1, -0.05) is 5.16 Å². The van der Waals surface area contributed by atoms with Crippen LogP contribution in [0.2, 0.25) is 0 Å². The summed E-state index contributed by atoms with van der Waals surface area (Å²) in [6.07, 6.45) is 0.171. The maximum absolute atomic E-state index is 10.9. The predicted octanol–water partition coefficient (Wildman–Crippen LogP) is 2.27. The van der Waals surface area contributed by atoms with Gasteiger partial charge in [0.1, 0.15) is 11.5 Å². The Labute approximate surface area is 105 Å². The molecule has 1 aromatic heterocycles. The van der Waals surface area contributed by atoms with Crippen molar-refractivity contribution < 1.29 is 14.1 Å². The Morgan fingerprint density at radius 3 is 2.67 bits per heavy atom. The van der Waals surface area contributed by atoms with E-state index in [0.29, 0.717) is 18.3 Å². The SMILES string of the molecule is CCOc1ccc(-c2noc(CC(C)=O)n2)cc1. The van der Waals surface area contributed by atoms with Crippen LogP contribution in [0, 0.1) is 0 Å². The van der Waals surface area contributed by atoms with E-state index in [9.17, 15) is 4.79 Å². The lowest BCUT2D eigenvalue weighted by Gasteiger charge is -2.02. The number of carbonyl (C=O) groups excluding carboxylic acids is 1. The average molecular weight is 246 g/mol. The van der Waals surface area contributed by atoms with Crippen molar-refractivity contribution in [3.05, 3.63) is 30.2 Å². The van der Waals surface area contributed by atoms with Gasteiger partial charge in [0.15, 0.2) is 0 Å². The Kier molecular flexibility index (Phi) is 3.72. The zero-order chi connectivity index (χ0) is 13.0. The second kappa shape index (κ2) is 5.44. The first-order valence-electron chi connectivity index (χ1n) is 5.74. The first-order valence-corrected chi connectivity index (χ1v) is 5.74. The second-order valence-corrected chi connectivity index (χ2v) is 3.85. The Hall–Kier alpha value is -2.17. The van der Waals surface area contributed by atoms with E-state index in [0.717, 1.165) is 11.3 Å². The standard InChI is InChI=1S/C13H14N2O3/c1-3-17-11-6-4-10(5-7-11)13-14-12(18-15-13)8-9(2)16/h4-7H,3,8H2,1-2H3. The first kappa shape index (κ1) is 12.3. The van der Waals surface area contributed by atoms with E-state index in [1.807, 2.05) is 31.2 Å². The molecule has 0 fully saturated rings. The topological polar surface area (TPSA) is 65.2 Å². The van der Waals surface area contributed by atoms with Gasteiger partial charge in [0, 0.05) is 5.56 Å². The molecule has 0 aliphatic carbocycles. The largest absolute Gasteiger partial charge is 0.494 e. The molecule has 0 saturated heterocycles. The summed E-state index contributed by atoms with van der Waals surface area (Å²) in [6.45, 7) is 4.05. The van der Waals surface area contributed by atoms with Crippen molar-refractivity contribution in [3.63, 3.8) is 0 Å². The summed E-state index contributed by atoms with van der Waals surface area (Å²) in [4.78, 5) is 15.1. The van der Waals surface area contributed by atoms with Gasteiger partial charge in [-0.2, -0.15) is 4.98 Å². The number of ether oxygens (including phenoxy) is 1. The molecule has 1 aromatic carbocycles. The maximum Gasteiger partial charge on any atom is 0.234 e. The number of carbonyl (C=O) groups is 1. The van der Waals surface area contributed by atoms with E-state index < -0.39 is 0 Å². The fourth-order valence-electron chi connectivity index (χ4n) is 1.52. The third kappa shape index (κ3) is 2.94. The summed E-state index contributed by atoms with van der Waals surface area (Å²) < 4.78 is 10.3. The number of hydrogen-bond donors (Lipinski definition) is 0. The van der Waals surface area contributed by atoms with Crippen molar-refractivity contribution in [2.45, 2.75) is 20.3 Å². The summed E-state index contributed by atoms with van der Waals surface area (Å²) in [5.41, 5.74) is 0.831. The van der Waals surface area contributed by atoms with Crippen LogP contribution in [0.25, 0.3) is 11.4 Å². The van der Waals surface area contributed by atoms with E-state index in [1.165, 1.54) is 6.92 Å². The molecule has 0 radical (unpaired) electrons. The van der Waals surface area contributed by atoms with Crippen molar-refractivity contribution in [2.75, 3.05) is 6.61 Å². The third-order valence-corrected chi connectivity index (χ3v) is 2.29. The molecule has 5 nitrogen and oxygen atoms in total. The molecular weight excluding hydrogens is 232 g/mol. The highest BCUT2D eigenvalue weighted by molar-refractivity contribution is 5.77. The Balaban J connectivity index is 2.15. The van der Waals surface area contributed by atoms with E-state index in [2.05, 4.69) is 10.1 Å². The highest BCUT2D eigenvalue weighted by atomic mass is 16.5. The number of ketones is 1. The molecule has 0 unspecified atom stereocenters. The summed E-state index contributed by atoms with van der Waals surface area (Å²) in [7, 11) is 0. The van der Waals surface area contributed by atoms with Gasteiger partial charge < -0.3 is 9.26 Å². The number of Topliss-reactive ketones (excluding diaryl/α,β-unsaturated/α-hetero) is 1. The normalized spacial score (nSPS) is 10.3. The number of aromatic nitrogens is 2. The summed E-state index contributed by atoms with van der Waals surface area (Å²) in [6, 6.07) is 7.40. The Morgan fingerprint density at radius 1 is 1.33 bits per heavy atom. The van der Waals surface area contributed by atoms with Crippen LogP contribution in [-0.4, -0.2) is 22.5 Å². The predicted molar refractivity (Wildman–Crippen MR) is 65.3 cm³/mol. The van der Waals surface area contributed by atoms with Crippen LogP contribution in [0.4, 0.5) is 0 Å². The molecule has 94 valence electrons. The number of benzene rings is 1. The van der Waals surface area contributed by atoms with Crippen LogP contribution in [0.5, 0.6) is 5.75 Å². The van der Waals surface area contributed by atoms with Crippen molar-refractivity contribution in [1.29, 1.82) is 0 Å². The minimum atomic E-state index is -0.00288. The monoisotopic (exact) mass is 246 g/mol. The van der Waals surface area contributed by atoms with Crippen LogP contribution in [0.3, 0.4) is 0 Å². The van der Waals surface area contributed by atoms with E-state index in [4.69, 9.17) is 9.26 Å². The third-order valence-electron chi connectivity index (χ3n) is 2.29. The highest BCUT2D eigenvalue weighted by Gasteiger charge is 2.10. The second-order valence-electron chi connectivity index (χ2n) is 3.85. The molecule has 0 bridgehead atoms. The van der Waals surface area contributed by atoms with Crippen molar-refractivity contribution >= 4 is 5.78 Å². The maximum atomic E-state index is 10.9. The number of rotatable bonds is 5. The van der Waals surface area contributed by atoms with Crippen LogP contribution in [0.1, 0.15) is 19.7 Å². The van der Waals surface area contributed by atoms with Gasteiger partial charge in [0.2, 0.25) is 11.7 Å². The fraction of sp³-hybridized carbons (Fsp3) is 0.308. The highest BCUT2D eigenvalue weighted by Crippen LogP contribution is 2.20. The van der Waals surface area contributed by atoms with Gasteiger partial charge in [0.05, 0.1) is 13.0 Å². The molecular formula is C13H14N2O3. The molecule has 1 heterocycles. The smallest absolute Gasteiger partial charge is 0.234 e. The molecule has 0 spiro atoms. The van der Waals surface area contributed by atoms with Crippen LogP contribution in [0.15, 0.2) is 28.8 Å². The Bertz CT molecular complexity index is 531. The molecule has 2 aromatic rings. The number of hydrogen-bond acceptors (Lipinski definition) is 5. The van der Waals surface area contributed by atoms with Gasteiger partial charge in [0.25, 0.3) is 0 Å². The lowest BCUT2D eigenvalue weighted by molar-refractivity contribution is -0.116. The Morgan fingerprint density at radius 2 is 2.06 bits per heavy atom. The number of nitrogens with zero attached hydrogens (tertiary/aromatic N) is 2. The molecule has 18 heavy (non-hydrogen) atoms. The van der Waals surface area contributed by atoms with Gasteiger partial charge in [-0.05, 0) is 38.1 Å². The van der Waals surface area contributed by atoms with Gasteiger partial charge >= 0.3 is 0 Å². The summed E-state index contributed by atoms with van der Waals surface area (Å²) in [5, 5.41) is 3.84. The zero-order valence-electron chi connectivity index (χ0n) is 10.3. The van der Waals surface area contributed by atoms with Gasteiger partial charge in [-0.25, -0.2) is 0 Å². The van der Waals surface area contributed by atoms with Crippen molar-refractivity contribution in [1.82, 2.24) is 10.1 Å². The molecule has 0 saturated carbocycles. The van der Waals surface area contributed by atoms with E-state index >= 15 is 0 Å². The molecule has 2 rings (SSSR count). The van der Waals surface area contributed by atoms with Crippen LogP contribution in [-0.2, 0) is 11.2 Å². The molecule has 0 aliphatic heterocycles. The molecule has 0 atom stereocenters. The lowest BCUT2D eigenvalue weighted by Crippen LogP contribution is -1.96. The van der Waals surface area contributed by atoms with Crippen molar-refractivity contribution in [3.8, 4) is 17.1 Å². The van der Waals surface area contributed by atoms with Crippen LogP contribution < -0.4 is 4.74 Å². The van der Waals surface area contributed by atoms with Crippen molar-refractivity contribution in [2.24, 2.45) is 0 Å². The molecule has 0 N–H and O–H groups in total. The average Bonchev–Trinajstić information content (AvgIpc) is 2.78. The minimum absolute atomic E-state index is 0.00288. The minimum Gasteiger partial charge on any atom is -0.494 e. The first-order chi connectivity index (χ1) is 8.69. The van der Waals surface area contributed by atoms with Gasteiger partial charge in [-0.3, -0.25) is 4.79 Å². The van der Waals surface area contributed by atoms with Crippen LogP contribution >= 0.6 is 0 Å². The fourth-order valence-corrected chi connectivity index (χ4v) is 1.52. The summed E-state index contributed by atoms with van der Waals surface area (Å²) >= 11 is 0. The lowest BCUT2D eigenvalue weighted by atomic mass is 10.2. The molecule has 0 aliphatic rings. The zero-order valence-corrected chi connectivity index (χ0v) is 10.3. The molecule has 0 amide bonds. The molecule has 5 heteroatoms. The quantitative estimate of drug-likeness (QED) is 0.809.